The van der Waals surface area contributed by atoms with Crippen LogP contribution in [-0.4, -0.2) is 39.5 Å². The van der Waals surface area contributed by atoms with Gasteiger partial charge >= 0.3 is 0 Å². The van der Waals surface area contributed by atoms with Crippen molar-refractivity contribution in [3.8, 4) is 11.5 Å². The normalized spacial score (nSPS) is 14.8. The first-order valence-corrected chi connectivity index (χ1v) is 11.1. The van der Waals surface area contributed by atoms with Crippen molar-refractivity contribution >= 4 is 27.5 Å². The predicted molar refractivity (Wildman–Crippen MR) is 110 cm³/mol. The van der Waals surface area contributed by atoms with Gasteiger partial charge in [0.1, 0.15) is 0 Å². The molecule has 29 heavy (non-hydrogen) atoms. The predicted octanol–water partition coefficient (Wildman–Crippen LogP) is 2.91. The van der Waals surface area contributed by atoms with Gasteiger partial charge in [-0.2, -0.15) is 0 Å². The number of nitrogens with zero attached hydrogens (tertiary/aromatic N) is 1. The molecular formula is C20H23ClN2O5S. The lowest BCUT2D eigenvalue weighted by Crippen LogP contribution is -2.31. The molecule has 3 rings (SSSR count). The molecule has 0 aliphatic carbocycles. The molecule has 2 aromatic rings. The Labute approximate surface area is 175 Å². The maximum absolute atomic E-state index is 12.8. The van der Waals surface area contributed by atoms with Gasteiger partial charge in [-0.3, -0.25) is 4.79 Å². The zero-order chi connectivity index (χ0) is 21.2. The Balaban J connectivity index is 1.73. The minimum absolute atomic E-state index is 0.0317. The molecule has 2 N–H and O–H groups in total. The van der Waals surface area contributed by atoms with E-state index in [0.29, 0.717) is 29.7 Å². The molecule has 1 atom stereocenters. The fraction of sp³-hybridized carbons (Fsp3) is 0.350. The third kappa shape index (κ3) is 5.01. The van der Waals surface area contributed by atoms with Crippen LogP contribution in [0.2, 0.25) is 5.02 Å². The van der Waals surface area contributed by atoms with E-state index in [1.165, 1.54) is 12.1 Å². The summed E-state index contributed by atoms with van der Waals surface area (Å²) in [6, 6.07) is 9.41. The highest BCUT2D eigenvalue weighted by atomic mass is 35.5. The van der Waals surface area contributed by atoms with Crippen molar-refractivity contribution in [2.24, 2.45) is 5.14 Å². The van der Waals surface area contributed by atoms with Gasteiger partial charge in [0.15, 0.2) is 11.5 Å². The number of nitrogens with two attached hydrogens (primary N) is 1. The van der Waals surface area contributed by atoms with Crippen molar-refractivity contribution in [3.05, 3.63) is 52.5 Å². The Morgan fingerprint density at radius 2 is 1.86 bits per heavy atom. The largest absolute Gasteiger partial charge is 0.489 e. The van der Waals surface area contributed by atoms with Gasteiger partial charge in [0, 0.05) is 13.5 Å². The number of hydrogen-bond donors (Lipinski definition) is 1. The minimum atomic E-state index is -3.75. The first-order valence-electron chi connectivity index (χ1n) is 9.13. The van der Waals surface area contributed by atoms with Crippen LogP contribution in [0.5, 0.6) is 11.5 Å². The molecule has 1 amide bonds. The molecule has 1 aliphatic heterocycles. The van der Waals surface area contributed by atoms with Gasteiger partial charge in [0.05, 0.1) is 35.6 Å². The molecule has 7 nitrogen and oxygen atoms in total. The molecule has 0 saturated carbocycles. The number of amides is 1. The Hall–Kier alpha value is -2.29. The summed E-state index contributed by atoms with van der Waals surface area (Å²) in [6.45, 7) is 2.94. The number of benzene rings is 2. The summed E-state index contributed by atoms with van der Waals surface area (Å²) in [7, 11) is -2.05. The van der Waals surface area contributed by atoms with E-state index in [0.717, 1.165) is 17.5 Å². The van der Waals surface area contributed by atoms with E-state index in [4.69, 9.17) is 26.2 Å². The summed E-state index contributed by atoms with van der Waals surface area (Å²) in [5.41, 5.74) is 1.53. The van der Waals surface area contributed by atoms with E-state index in [1.54, 1.807) is 36.2 Å². The summed E-state index contributed by atoms with van der Waals surface area (Å²) in [4.78, 5) is 14.4. The second kappa shape index (κ2) is 8.61. The standard InChI is InChI=1S/C20H23ClN2O5S/c1-13(15-4-6-16(7-5-15)29(22,25)26)23(2)19(24)12-14-10-17(21)20-18(11-14)27-8-3-9-28-20/h4-7,10-11,13H,3,8-9,12H2,1-2H3,(H2,22,25,26)/t13-/m0/s1. The number of hydrogen-bond acceptors (Lipinski definition) is 5. The fourth-order valence-corrected chi connectivity index (χ4v) is 3.86. The van der Waals surface area contributed by atoms with E-state index in [1.807, 2.05) is 6.92 Å². The summed E-state index contributed by atoms with van der Waals surface area (Å²) in [6.07, 6.45) is 0.913. The van der Waals surface area contributed by atoms with Crippen molar-refractivity contribution < 1.29 is 22.7 Å². The molecular weight excluding hydrogens is 416 g/mol. The van der Waals surface area contributed by atoms with Crippen LogP contribution in [-0.2, 0) is 21.2 Å². The van der Waals surface area contributed by atoms with Gasteiger partial charge in [-0.05, 0) is 42.3 Å². The van der Waals surface area contributed by atoms with Crippen LogP contribution in [0.25, 0.3) is 0 Å². The molecule has 156 valence electrons. The quantitative estimate of drug-likeness (QED) is 0.773. The monoisotopic (exact) mass is 438 g/mol. The average Bonchev–Trinajstić information content (AvgIpc) is 2.92. The number of rotatable bonds is 5. The molecule has 0 bridgehead atoms. The average molecular weight is 439 g/mol. The van der Waals surface area contributed by atoms with Gasteiger partial charge in [-0.25, -0.2) is 13.6 Å². The topological polar surface area (TPSA) is 98.9 Å². The summed E-state index contributed by atoms with van der Waals surface area (Å²) in [5, 5.41) is 5.54. The maximum atomic E-state index is 12.8. The number of carbonyl (C=O) groups excluding carboxylic acids is 1. The Kier molecular flexibility index (Phi) is 6.36. The first-order chi connectivity index (χ1) is 13.7. The van der Waals surface area contributed by atoms with Crippen LogP contribution in [0.1, 0.15) is 30.5 Å². The smallest absolute Gasteiger partial charge is 0.238 e. The van der Waals surface area contributed by atoms with E-state index >= 15 is 0 Å². The number of primary sulfonamides is 1. The number of ether oxygens (including phenoxy) is 2. The summed E-state index contributed by atoms with van der Waals surface area (Å²) < 4.78 is 34.1. The van der Waals surface area contributed by atoms with Crippen molar-refractivity contribution in [1.82, 2.24) is 4.90 Å². The molecule has 1 aliphatic rings. The van der Waals surface area contributed by atoms with Gasteiger partial charge in [0.2, 0.25) is 15.9 Å². The molecule has 2 aromatic carbocycles. The Morgan fingerprint density at radius 1 is 1.21 bits per heavy atom. The van der Waals surface area contributed by atoms with Crippen LogP contribution in [0.4, 0.5) is 0 Å². The van der Waals surface area contributed by atoms with Crippen LogP contribution < -0.4 is 14.6 Å². The van der Waals surface area contributed by atoms with Crippen LogP contribution in [0.15, 0.2) is 41.3 Å². The fourth-order valence-electron chi connectivity index (χ4n) is 3.06. The van der Waals surface area contributed by atoms with Crippen molar-refractivity contribution in [2.75, 3.05) is 20.3 Å². The van der Waals surface area contributed by atoms with E-state index in [-0.39, 0.29) is 23.3 Å². The molecule has 0 fully saturated rings. The van der Waals surface area contributed by atoms with Gasteiger partial charge < -0.3 is 14.4 Å². The van der Waals surface area contributed by atoms with E-state index in [9.17, 15) is 13.2 Å². The number of likely N-dealkylation sites (N-methyl/N-ethyl adjacent to an activating group) is 1. The molecule has 0 aromatic heterocycles. The van der Waals surface area contributed by atoms with E-state index in [2.05, 4.69) is 0 Å². The third-order valence-corrected chi connectivity index (χ3v) is 6.09. The Bertz CT molecular complexity index is 1010. The number of sulfonamides is 1. The van der Waals surface area contributed by atoms with Gasteiger partial charge in [0.25, 0.3) is 0 Å². The van der Waals surface area contributed by atoms with Gasteiger partial charge in [-0.1, -0.05) is 23.7 Å². The zero-order valence-corrected chi connectivity index (χ0v) is 17.8. The SMILES string of the molecule is C[C@@H](c1ccc(S(N)(=O)=O)cc1)N(C)C(=O)Cc1cc(Cl)c2c(c1)OCCCO2. The lowest BCUT2D eigenvalue weighted by molar-refractivity contribution is -0.131. The van der Waals surface area contributed by atoms with Crippen molar-refractivity contribution in [1.29, 1.82) is 0 Å². The molecule has 0 spiro atoms. The highest BCUT2D eigenvalue weighted by Crippen LogP contribution is 2.38. The van der Waals surface area contributed by atoms with Crippen LogP contribution >= 0.6 is 11.6 Å². The number of fused-ring (bicyclic) bond motifs is 1. The Morgan fingerprint density at radius 3 is 2.52 bits per heavy atom. The minimum Gasteiger partial charge on any atom is -0.489 e. The summed E-state index contributed by atoms with van der Waals surface area (Å²) >= 11 is 6.30. The van der Waals surface area contributed by atoms with Crippen LogP contribution in [0, 0.1) is 0 Å². The van der Waals surface area contributed by atoms with E-state index < -0.39 is 10.0 Å². The van der Waals surface area contributed by atoms with Gasteiger partial charge in [-0.15, -0.1) is 0 Å². The zero-order valence-electron chi connectivity index (χ0n) is 16.2. The lowest BCUT2D eigenvalue weighted by atomic mass is 10.1. The highest BCUT2D eigenvalue weighted by Gasteiger charge is 2.21. The molecule has 0 saturated heterocycles. The second-order valence-corrected chi connectivity index (χ2v) is 8.90. The summed E-state index contributed by atoms with van der Waals surface area (Å²) in [5.74, 6) is 0.947. The number of carbonyl (C=O) groups is 1. The maximum Gasteiger partial charge on any atom is 0.238 e. The van der Waals surface area contributed by atoms with Crippen molar-refractivity contribution in [2.45, 2.75) is 30.7 Å². The second-order valence-electron chi connectivity index (χ2n) is 6.93. The lowest BCUT2D eigenvalue weighted by Gasteiger charge is -2.26. The molecule has 9 heteroatoms. The molecule has 0 radical (unpaired) electrons. The van der Waals surface area contributed by atoms with Crippen molar-refractivity contribution in [3.63, 3.8) is 0 Å². The molecule has 1 heterocycles. The highest BCUT2D eigenvalue weighted by molar-refractivity contribution is 7.89. The number of halogens is 1. The van der Waals surface area contributed by atoms with Crippen LogP contribution in [0.3, 0.4) is 0 Å². The third-order valence-electron chi connectivity index (χ3n) is 4.88. The molecule has 0 unspecified atom stereocenters. The first kappa shape index (κ1) is 21.4.